The van der Waals surface area contributed by atoms with E-state index in [9.17, 15) is 0 Å². The Morgan fingerprint density at radius 3 is 2.57 bits per heavy atom. The van der Waals surface area contributed by atoms with Crippen LogP contribution in [0.2, 0.25) is 0 Å². The van der Waals surface area contributed by atoms with Crippen LogP contribution in [0.15, 0.2) is 54.6 Å². The fourth-order valence-electron chi connectivity index (χ4n) is 2.42. The lowest BCUT2D eigenvalue weighted by Crippen LogP contribution is -1.94. The fourth-order valence-corrected chi connectivity index (χ4v) is 2.62. The van der Waals surface area contributed by atoms with Crippen LogP contribution in [-0.2, 0) is 6.42 Å². The van der Waals surface area contributed by atoms with Gasteiger partial charge in [-0.1, -0.05) is 18.2 Å². The summed E-state index contributed by atoms with van der Waals surface area (Å²) >= 11 is 5.91. The molecule has 1 heterocycles. The van der Waals surface area contributed by atoms with E-state index in [1.165, 1.54) is 5.56 Å². The number of hydrogen-bond donors (Lipinski definition) is 0. The highest BCUT2D eigenvalue weighted by atomic mass is 35.5. The summed E-state index contributed by atoms with van der Waals surface area (Å²) in [6.45, 7) is 2.01. The second-order valence-corrected chi connectivity index (χ2v) is 5.33. The number of para-hydroxylation sites is 1. The highest BCUT2D eigenvalue weighted by molar-refractivity contribution is 6.18. The molecule has 0 saturated carbocycles. The summed E-state index contributed by atoms with van der Waals surface area (Å²) < 4.78 is 5.89. The summed E-state index contributed by atoms with van der Waals surface area (Å²) in [7, 11) is 0. The van der Waals surface area contributed by atoms with Crippen molar-refractivity contribution in [2.24, 2.45) is 0 Å². The average Bonchev–Trinajstić information content (AvgIpc) is 2.49. The minimum Gasteiger partial charge on any atom is -0.457 e. The maximum atomic E-state index is 5.91. The number of fused-ring (bicyclic) bond motifs is 1. The molecule has 0 fully saturated rings. The Morgan fingerprint density at radius 1 is 1.00 bits per heavy atom. The molecular formula is C18H16ClNO. The molecule has 21 heavy (non-hydrogen) atoms. The van der Waals surface area contributed by atoms with Crippen LogP contribution >= 0.6 is 11.6 Å². The number of aryl methyl sites for hydroxylation is 2. The maximum Gasteiger partial charge on any atom is 0.128 e. The second-order valence-electron chi connectivity index (χ2n) is 4.96. The van der Waals surface area contributed by atoms with Gasteiger partial charge in [0.05, 0.1) is 5.52 Å². The summed E-state index contributed by atoms with van der Waals surface area (Å²) in [5.74, 6) is 2.24. The van der Waals surface area contributed by atoms with E-state index in [1.54, 1.807) is 0 Å². The standard InChI is InChI=1S/C18H16ClNO/c1-13-11-14(9-10-19)17-12-16(7-8-18(17)20-13)21-15-5-3-2-4-6-15/h2-8,11-12H,9-10H2,1H3. The number of alkyl halides is 1. The minimum atomic E-state index is 0.600. The van der Waals surface area contributed by atoms with E-state index in [2.05, 4.69) is 11.1 Å². The maximum absolute atomic E-state index is 5.91. The molecule has 1 aromatic heterocycles. The lowest BCUT2D eigenvalue weighted by Gasteiger charge is -2.10. The molecule has 3 aromatic rings. The van der Waals surface area contributed by atoms with Gasteiger partial charge in [0.15, 0.2) is 0 Å². The van der Waals surface area contributed by atoms with Gasteiger partial charge in [0, 0.05) is 17.0 Å². The van der Waals surface area contributed by atoms with Gasteiger partial charge >= 0.3 is 0 Å². The number of halogens is 1. The molecule has 0 N–H and O–H groups in total. The van der Waals surface area contributed by atoms with Crippen LogP contribution in [0.25, 0.3) is 10.9 Å². The minimum absolute atomic E-state index is 0.600. The molecule has 3 rings (SSSR count). The lowest BCUT2D eigenvalue weighted by molar-refractivity contribution is 0.483. The molecule has 0 amide bonds. The van der Waals surface area contributed by atoms with Crippen LogP contribution in [0.5, 0.6) is 11.5 Å². The third-order valence-corrected chi connectivity index (χ3v) is 3.53. The van der Waals surface area contributed by atoms with E-state index in [1.807, 2.05) is 55.5 Å². The fraction of sp³-hybridized carbons (Fsp3) is 0.167. The number of hydrogen-bond acceptors (Lipinski definition) is 2. The normalized spacial score (nSPS) is 10.8. The van der Waals surface area contributed by atoms with Crippen molar-refractivity contribution in [1.29, 1.82) is 0 Å². The summed E-state index contributed by atoms with van der Waals surface area (Å²) in [5, 5.41) is 1.11. The molecule has 0 aliphatic heterocycles. The molecule has 2 nitrogen and oxygen atoms in total. The molecule has 0 aliphatic rings. The van der Waals surface area contributed by atoms with Gasteiger partial charge in [-0.2, -0.15) is 0 Å². The predicted molar refractivity (Wildman–Crippen MR) is 87.4 cm³/mol. The molecule has 0 atom stereocenters. The van der Waals surface area contributed by atoms with Crippen molar-refractivity contribution in [2.75, 3.05) is 5.88 Å². The first-order valence-electron chi connectivity index (χ1n) is 6.95. The number of nitrogens with zero attached hydrogens (tertiary/aromatic N) is 1. The Hall–Kier alpha value is -2.06. The van der Waals surface area contributed by atoms with Crippen LogP contribution in [0.3, 0.4) is 0 Å². The molecule has 0 radical (unpaired) electrons. The van der Waals surface area contributed by atoms with Crippen molar-refractivity contribution >= 4 is 22.5 Å². The van der Waals surface area contributed by atoms with E-state index in [4.69, 9.17) is 16.3 Å². The Morgan fingerprint density at radius 2 is 1.81 bits per heavy atom. The molecule has 0 aliphatic carbocycles. The first-order chi connectivity index (χ1) is 10.3. The van der Waals surface area contributed by atoms with Crippen molar-refractivity contribution in [2.45, 2.75) is 13.3 Å². The third-order valence-electron chi connectivity index (χ3n) is 3.34. The number of ether oxygens (including phenoxy) is 1. The van der Waals surface area contributed by atoms with Gasteiger partial charge in [0.25, 0.3) is 0 Å². The summed E-state index contributed by atoms with van der Waals surface area (Å²) in [5.41, 5.74) is 3.21. The highest BCUT2D eigenvalue weighted by Crippen LogP contribution is 2.27. The van der Waals surface area contributed by atoms with Gasteiger partial charge < -0.3 is 4.74 Å². The Balaban J connectivity index is 2.02. The third kappa shape index (κ3) is 3.17. The number of pyridine rings is 1. The zero-order valence-corrected chi connectivity index (χ0v) is 12.6. The first kappa shape index (κ1) is 13.9. The number of aromatic nitrogens is 1. The van der Waals surface area contributed by atoms with Crippen LogP contribution in [0.1, 0.15) is 11.3 Å². The molecule has 0 spiro atoms. The Bertz CT molecular complexity index is 756. The van der Waals surface area contributed by atoms with Crippen LogP contribution in [-0.4, -0.2) is 10.9 Å². The topological polar surface area (TPSA) is 22.1 Å². The Kier molecular flexibility index (Phi) is 4.07. The lowest BCUT2D eigenvalue weighted by atomic mass is 10.1. The number of rotatable bonds is 4. The smallest absolute Gasteiger partial charge is 0.128 e. The van der Waals surface area contributed by atoms with Gasteiger partial charge in [-0.15, -0.1) is 11.6 Å². The first-order valence-corrected chi connectivity index (χ1v) is 7.49. The van der Waals surface area contributed by atoms with Crippen molar-refractivity contribution in [1.82, 2.24) is 4.98 Å². The molecular weight excluding hydrogens is 282 g/mol. The molecule has 0 unspecified atom stereocenters. The monoisotopic (exact) mass is 297 g/mol. The zero-order valence-electron chi connectivity index (χ0n) is 11.8. The van der Waals surface area contributed by atoms with Gasteiger partial charge in [0.1, 0.15) is 11.5 Å². The van der Waals surface area contributed by atoms with E-state index >= 15 is 0 Å². The summed E-state index contributed by atoms with van der Waals surface area (Å²) in [6, 6.07) is 17.9. The van der Waals surface area contributed by atoms with E-state index in [-0.39, 0.29) is 0 Å². The summed E-state index contributed by atoms with van der Waals surface area (Å²) in [6.07, 6.45) is 0.830. The van der Waals surface area contributed by atoms with Crippen molar-refractivity contribution in [3.8, 4) is 11.5 Å². The van der Waals surface area contributed by atoms with Gasteiger partial charge in [-0.3, -0.25) is 4.98 Å². The molecule has 3 heteroatoms. The SMILES string of the molecule is Cc1cc(CCCl)c2cc(Oc3ccccc3)ccc2n1. The molecule has 106 valence electrons. The van der Waals surface area contributed by atoms with Crippen molar-refractivity contribution < 1.29 is 4.74 Å². The quantitative estimate of drug-likeness (QED) is 0.624. The molecule has 0 bridgehead atoms. The Labute approximate surface area is 129 Å². The predicted octanol–water partition coefficient (Wildman–Crippen LogP) is 5.12. The van der Waals surface area contributed by atoms with Crippen molar-refractivity contribution in [3.63, 3.8) is 0 Å². The van der Waals surface area contributed by atoms with E-state index in [0.717, 1.165) is 34.5 Å². The molecule has 0 saturated heterocycles. The van der Waals surface area contributed by atoms with E-state index < -0.39 is 0 Å². The van der Waals surface area contributed by atoms with Gasteiger partial charge in [0.2, 0.25) is 0 Å². The number of benzene rings is 2. The van der Waals surface area contributed by atoms with Crippen LogP contribution < -0.4 is 4.74 Å². The highest BCUT2D eigenvalue weighted by Gasteiger charge is 2.06. The molecule has 2 aromatic carbocycles. The van der Waals surface area contributed by atoms with Crippen LogP contribution in [0, 0.1) is 6.92 Å². The average molecular weight is 298 g/mol. The zero-order chi connectivity index (χ0) is 14.7. The van der Waals surface area contributed by atoms with Gasteiger partial charge in [-0.25, -0.2) is 0 Å². The summed E-state index contributed by atoms with van der Waals surface area (Å²) in [4.78, 5) is 4.57. The largest absolute Gasteiger partial charge is 0.457 e. The van der Waals surface area contributed by atoms with Gasteiger partial charge in [-0.05, 0) is 55.3 Å². The van der Waals surface area contributed by atoms with Crippen LogP contribution in [0.4, 0.5) is 0 Å². The van der Waals surface area contributed by atoms with Crippen molar-refractivity contribution in [3.05, 3.63) is 65.9 Å². The van der Waals surface area contributed by atoms with E-state index in [0.29, 0.717) is 5.88 Å². The second kappa shape index (κ2) is 6.15.